The van der Waals surface area contributed by atoms with Gasteiger partial charge in [-0.25, -0.2) is 0 Å². The number of hydrogen-bond acceptors (Lipinski definition) is 4. The minimum Gasteiger partial charge on any atom is -0.371 e. The Balaban J connectivity index is 1.52. The molecule has 0 bridgehead atoms. The highest BCUT2D eigenvalue weighted by atomic mass is 32.1. The molecule has 2 aromatic rings. The summed E-state index contributed by atoms with van der Waals surface area (Å²) >= 11 is 1.67. The summed E-state index contributed by atoms with van der Waals surface area (Å²) in [4.78, 5) is 17.8. The predicted octanol–water partition coefficient (Wildman–Crippen LogP) is 3.10. The first kappa shape index (κ1) is 17.0. The van der Waals surface area contributed by atoms with Crippen LogP contribution in [0.25, 0.3) is 0 Å². The molecule has 1 saturated heterocycles. The molecule has 4 nitrogen and oxygen atoms in total. The molecule has 1 aromatic heterocycles. The number of carbonyl (C=O) groups excluding carboxylic acids is 1. The fourth-order valence-electron chi connectivity index (χ4n) is 3.16. The summed E-state index contributed by atoms with van der Waals surface area (Å²) in [6, 6.07) is 12.6. The number of amides is 1. The number of nitrogens with zero attached hydrogens (tertiary/aromatic N) is 2. The number of nitrogens with one attached hydrogen (secondary N) is 1. The third-order valence-corrected chi connectivity index (χ3v) is 5.21. The van der Waals surface area contributed by atoms with Crippen LogP contribution in [0.5, 0.6) is 0 Å². The molecule has 0 unspecified atom stereocenters. The second-order valence-electron chi connectivity index (χ2n) is 6.35. The smallest absolute Gasteiger partial charge is 0.234 e. The molecule has 0 radical (unpaired) electrons. The number of para-hydroxylation sites is 1. The molecule has 24 heavy (non-hydrogen) atoms. The Bertz CT molecular complexity index is 650. The van der Waals surface area contributed by atoms with Gasteiger partial charge in [-0.2, -0.15) is 0 Å². The minimum atomic E-state index is 0.0737. The van der Waals surface area contributed by atoms with Gasteiger partial charge < -0.3 is 10.2 Å². The third kappa shape index (κ3) is 4.58. The fraction of sp³-hybridized carbons (Fsp3) is 0.421. The Morgan fingerprint density at radius 2 is 2.00 bits per heavy atom. The van der Waals surface area contributed by atoms with Crippen LogP contribution in [0.15, 0.2) is 41.8 Å². The first-order valence-electron chi connectivity index (χ1n) is 8.53. The summed E-state index contributed by atoms with van der Waals surface area (Å²) in [5.74, 6) is 0.0737. The largest absolute Gasteiger partial charge is 0.371 e. The van der Waals surface area contributed by atoms with Crippen molar-refractivity contribution in [2.45, 2.75) is 25.9 Å². The average Bonchev–Trinajstić information content (AvgIpc) is 3.27. The predicted molar refractivity (Wildman–Crippen MR) is 100 cm³/mol. The van der Waals surface area contributed by atoms with Crippen molar-refractivity contribution in [1.29, 1.82) is 0 Å². The van der Waals surface area contributed by atoms with Gasteiger partial charge in [0.25, 0.3) is 0 Å². The van der Waals surface area contributed by atoms with Crippen molar-refractivity contribution in [2.75, 3.05) is 31.6 Å². The average molecular weight is 343 g/mol. The number of likely N-dealkylation sites (N-methyl/N-ethyl adjacent to an activating group) is 1. The van der Waals surface area contributed by atoms with Crippen LogP contribution in [0.4, 0.5) is 5.69 Å². The second kappa shape index (κ2) is 8.31. The van der Waals surface area contributed by atoms with E-state index >= 15 is 0 Å². The molecule has 0 spiro atoms. The third-order valence-electron chi connectivity index (χ3n) is 4.33. The molecule has 3 rings (SSSR count). The van der Waals surface area contributed by atoms with Gasteiger partial charge in [-0.15, -0.1) is 11.3 Å². The van der Waals surface area contributed by atoms with Gasteiger partial charge >= 0.3 is 0 Å². The van der Waals surface area contributed by atoms with E-state index in [0.717, 1.165) is 19.6 Å². The molecule has 1 fully saturated rings. The van der Waals surface area contributed by atoms with Crippen LogP contribution in [0.2, 0.25) is 0 Å². The Morgan fingerprint density at radius 1 is 1.21 bits per heavy atom. The molecule has 0 atom stereocenters. The van der Waals surface area contributed by atoms with E-state index in [2.05, 4.69) is 39.4 Å². The van der Waals surface area contributed by atoms with Gasteiger partial charge in [0.05, 0.1) is 13.1 Å². The number of anilines is 1. The van der Waals surface area contributed by atoms with E-state index in [-0.39, 0.29) is 5.91 Å². The summed E-state index contributed by atoms with van der Waals surface area (Å²) in [7, 11) is 2.01. The van der Waals surface area contributed by atoms with Gasteiger partial charge in [0.2, 0.25) is 5.91 Å². The fourth-order valence-corrected chi connectivity index (χ4v) is 3.80. The van der Waals surface area contributed by atoms with Gasteiger partial charge in [-0.05, 0) is 43.0 Å². The first-order chi connectivity index (χ1) is 11.7. The van der Waals surface area contributed by atoms with Crippen molar-refractivity contribution < 1.29 is 4.79 Å². The summed E-state index contributed by atoms with van der Waals surface area (Å²) < 4.78 is 0. The van der Waals surface area contributed by atoms with Crippen molar-refractivity contribution >= 4 is 22.9 Å². The van der Waals surface area contributed by atoms with E-state index in [1.165, 1.54) is 29.0 Å². The number of hydrogen-bond donors (Lipinski definition) is 1. The second-order valence-corrected chi connectivity index (χ2v) is 7.38. The highest BCUT2D eigenvalue weighted by molar-refractivity contribution is 7.09. The first-order valence-corrected chi connectivity index (χ1v) is 9.41. The SMILES string of the molecule is CN(CC(=O)NCc1cccs1)Cc1ccccc1N1CCCC1. The van der Waals surface area contributed by atoms with Crippen LogP contribution < -0.4 is 10.2 Å². The van der Waals surface area contributed by atoms with E-state index in [0.29, 0.717) is 13.1 Å². The lowest BCUT2D eigenvalue weighted by Gasteiger charge is -2.24. The lowest BCUT2D eigenvalue weighted by atomic mass is 10.1. The van der Waals surface area contributed by atoms with E-state index in [4.69, 9.17) is 0 Å². The Morgan fingerprint density at radius 3 is 2.75 bits per heavy atom. The van der Waals surface area contributed by atoms with E-state index in [1.54, 1.807) is 11.3 Å². The zero-order valence-corrected chi connectivity index (χ0v) is 15.0. The molecule has 1 amide bonds. The van der Waals surface area contributed by atoms with Crippen LogP contribution in [0.3, 0.4) is 0 Å². The Kier molecular flexibility index (Phi) is 5.88. The maximum absolute atomic E-state index is 12.1. The topological polar surface area (TPSA) is 35.6 Å². The molecule has 1 aromatic carbocycles. The number of thiophene rings is 1. The van der Waals surface area contributed by atoms with Gasteiger partial charge in [0.15, 0.2) is 0 Å². The van der Waals surface area contributed by atoms with Crippen LogP contribution in [0.1, 0.15) is 23.3 Å². The molecular weight excluding hydrogens is 318 g/mol. The van der Waals surface area contributed by atoms with Crippen molar-refractivity contribution in [3.8, 4) is 0 Å². The summed E-state index contributed by atoms with van der Waals surface area (Å²) in [6.45, 7) is 4.11. The minimum absolute atomic E-state index is 0.0737. The number of benzene rings is 1. The van der Waals surface area contributed by atoms with Crippen LogP contribution in [-0.2, 0) is 17.9 Å². The molecule has 1 aliphatic rings. The van der Waals surface area contributed by atoms with Gasteiger partial charge in [0, 0.05) is 30.2 Å². The molecule has 0 aliphatic carbocycles. The molecular formula is C19H25N3OS. The quantitative estimate of drug-likeness (QED) is 0.839. The van der Waals surface area contributed by atoms with Gasteiger partial charge in [-0.3, -0.25) is 9.69 Å². The summed E-state index contributed by atoms with van der Waals surface area (Å²) in [6.07, 6.45) is 2.55. The van der Waals surface area contributed by atoms with E-state index in [1.807, 2.05) is 24.6 Å². The van der Waals surface area contributed by atoms with Crippen molar-refractivity contribution in [3.05, 3.63) is 52.2 Å². The highest BCUT2D eigenvalue weighted by Crippen LogP contribution is 2.25. The molecule has 2 heterocycles. The standard InChI is InChI=1S/C19H25N3OS/c1-21(15-19(23)20-13-17-8-6-12-24-17)14-16-7-2-3-9-18(16)22-10-4-5-11-22/h2-3,6-9,12H,4-5,10-11,13-15H2,1H3,(H,20,23). The molecule has 1 N–H and O–H groups in total. The molecule has 0 saturated carbocycles. The normalized spacial score (nSPS) is 14.3. The van der Waals surface area contributed by atoms with Crippen molar-refractivity contribution in [3.63, 3.8) is 0 Å². The summed E-state index contributed by atoms with van der Waals surface area (Å²) in [5, 5.41) is 5.02. The monoisotopic (exact) mass is 343 g/mol. The highest BCUT2D eigenvalue weighted by Gasteiger charge is 2.16. The van der Waals surface area contributed by atoms with Gasteiger partial charge in [-0.1, -0.05) is 24.3 Å². The lowest BCUT2D eigenvalue weighted by Crippen LogP contribution is -2.34. The molecule has 5 heteroatoms. The molecule has 1 aliphatic heterocycles. The van der Waals surface area contributed by atoms with E-state index in [9.17, 15) is 4.79 Å². The maximum Gasteiger partial charge on any atom is 0.234 e. The number of rotatable bonds is 7. The lowest BCUT2D eigenvalue weighted by molar-refractivity contribution is -0.122. The molecule has 128 valence electrons. The van der Waals surface area contributed by atoms with Gasteiger partial charge in [0.1, 0.15) is 0 Å². The van der Waals surface area contributed by atoms with Crippen LogP contribution >= 0.6 is 11.3 Å². The van der Waals surface area contributed by atoms with Crippen molar-refractivity contribution in [1.82, 2.24) is 10.2 Å². The Hall–Kier alpha value is -1.85. The maximum atomic E-state index is 12.1. The Labute approximate surface area is 148 Å². The van der Waals surface area contributed by atoms with Crippen molar-refractivity contribution in [2.24, 2.45) is 0 Å². The summed E-state index contributed by atoms with van der Waals surface area (Å²) in [5.41, 5.74) is 2.62. The zero-order valence-electron chi connectivity index (χ0n) is 14.2. The van der Waals surface area contributed by atoms with Crippen LogP contribution in [-0.4, -0.2) is 37.5 Å². The zero-order chi connectivity index (χ0) is 16.8. The van der Waals surface area contributed by atoms with Crippen LogP contribution in [0, 0.1) is 0 Å². The van der Waals surface area contributed by atoms with E-state index < -0.39 is 0 Å². The number of carbonyl (C=O) groups is 1.